The molecular weight excluding hydrogens is 371 g/mol. The highest BCUT2D eigenvalue weighted by atomic mass is 19.4. The normalized spacial score (nSPS) is 19.6. The van der Waals surface area contributed by atoms with Crippen LogP contribution in [0.1, 0.15) is 42.7 Å². The maximum atomic E-state index is 12.8. The van der Waals surface area contributed by atoms with Crippen LogP contribution in [0.25, 0.3) is 11.3 Å². The summed E-state index contributed by atoms with van der Waals surface area (Å²) in [4.78, 5) is 2.28. The molecule has 1 saturated heterocycles. The zero-order valence-electron chi connectivity index (χ0n) is 15.9. The Morgan fingerprint density at radius 1 is 1.25 bits per heavy atom. The minimum absolute atomic E-state index is 0.0627. The van der Waals surface area contributed by atoms with Crippen molar-refractivity contribution in [1.29, 1.82) is 0 Å². The quantitative estimate of drug-likeness (QED) is 0.821. The zero-order chi connectivity index (χ0) is 20.5. The van der Waals surface area contributed by atoms with Crippen molar-refractivity contribution in [1.82, 2.24) is 15.1 Å². The number of phenolic OH excluding ortho intramolecular Hbond substituents is 1. The number of aliphatic hydroxyl groups excluding tert-OH is 1. The molecule has 28 heavy (non-hydrogen) atoms. The van der Waals surface area contributed by atoms with Crippen LogP contribution < -0.4 is 0 Å². The first-order valence-electron chi connectivity index (χ1n) is 9.36. The molecule has 1 fully saturated rings. The number of rotatable bonds is 4. The first-order chi connectivity index (χ1) is 13.2. The summed E-state index contributed by atoms with van der Waals surface area (Å²) < 4.78 is 38.3. The highest BCUT2D eigenvalue weighted by Gasteiger charge is 2.32. The fourth-order valence-electron chi connectivity index (χ4n) is 3.70. The molecule has 0 saturated carbocycles. The third kappa shape index (κ3) is 4.28. The van der Waals surface area contributed by atoms with Crippen molar-refractivity contribution in [2.24, 2.45) is 5.92 Å². The molecule has 0 radical (unpaired) electrons. The van der Waals surface area contributed by atoms with Gasteiger partial charge in [-0.05, 0) is 62.7 Å². The van der Waals surface area contributed by atoms with Gasteiger partial charge in [-0.3, -0.25) is 0 Å². The number of piperidine rings is 1. The summed E-state index contributed by atoms with van der Waals surface area (Å²) in [5.41, 5.74) is 0.608. The number of aryl methyl sites for hydroxylation is 1. The highest BCUT2D eigenvalue weighted by Crippen LogP contribution is 2.37. The maximum Gasteiger partial charge on any atom is 0.416 e. The summed E-state index contributed by atoms with van der Waals surface area (Å²) in [5, 5.41) is 29.0. The van der Waals surface area contributed by atoms with E-state index in [0.717, 1.165) is 38.5 Å². The Morgan fingerprint density at radius 2 is 2.00 bits per heavy atom. The molecule has 0 aliphatic carbocycles. The lowest BCUT2D eigenvalue weighted by molar-refractivity contribution is -0.137. The molecule has 1 aliphatic heterocycles. The number of aromatic nitrogens is 2. The monoisotopic (exact) mass is 395 g/mol. The Balaban J connectivity index is 1.85. The fraction of sp³-hybridized carbons (Fsp3) is 0.500. The van der Waals surface area contributed by atoms with E-state index in [0.29, 0.717) is 23.0 Å². The van der Waals surface area contributed by atoms with Crippen LogP contribution in [0, 0.1) is 12.8 Å². The SMILES string of the molecule is CCN1CCC[C@@H]([C@@H](O)c2cc(C)c(-c3ccc(C(F)(F)F)cc3O)nn2)C1. The molecule has 2 heterocycles. The number of hydrogen-bond donors (Lipinski definition) is 2. The molecule has 1 aromatic heterocycles. The number of benzene rings is 1. The largest absolute Gasteiger partial charge is 0.507 e. The van der Waals surface area contributed by atoms with Gasteiger partial charge in [0.05, 0.1) is 17.0 Å². The van der Waals surface area contributed by atoms with Crippen LogP contribution in [0.2, 0.25) is 0 Å². The number of likely N-dealkylation sites (tertiary alicyclic amines) is 1. The number of hydrogen-bond acceptors (Lipinski definition) is 5. The van der Waals surface area contributed by atoms with Gasteiger partial charge in [0, 0.05) is 18.0 Å². The van der Waals surface area contributed by atoms with Crippen LogP contribution >= 0.6 is 0 Å². The minimum Gasteiger partial charge on any atom is -0.507 e. The summed E-state index contributed by atoms with van der Waals surface area (Å²) in [6.45, 7) is 6.57. The van der Waals surface area contributed by atoms with E-state index in [1.807, 2.05) is 0 Å². The van der Waals surface area contributed by atoms with Crippen LogP contribution in [0.4, 0.5) is 13.2 Å². The maximum absolute atomic E-state index is 12.8. The molecule has 1 aromatic carbocycles. The number of aromatic hydroxyl groups is 1. The first kappa shape index (κ1) is 20.5. The van der Waals surface area contributed by atoms with Gasteiger partial charge >= 0.3 is 6.18 Å². The van der Waals surface area contributed by atoms with Crippen LogP contribution in [-0.2, 0) is 6.18 Å². The predicted octanol–water partition coefficient (Wildman–Crippen LogP) is 3.94. The molecule has 2 N–H and O–H groups in total. The molecule has 5 nitrogen and oxygen atoms in total. The second-order valence-electron chi connectivity index (χ2n) is 7.27. The van der Waals surface area contributed by atoms with Crippen molar-refractivity contribution < 1.29 is 23.4 Å². The first-order valence-corrected chi connectivity index (χ1v) is 9.36. The van der Waals surface area contributed by atoms with Gasteiger partial charge in [-0.15, -0.1) is 5.10 Å². The van der Waals surface area contributed by atoms with Gasteiger partial charge in [0.2, 0.25) is 0 Å². The number of aliphatic hydroxyl groups is 1. The third-order valence-electron chi connectivity index (χ3n) is 5.32. The molecule has 2 aromatic rings. The summed E-state index contributed by atoms with van der Waals surface area (Å²) >= 11 is 0. The lowest BCUT2D eigenvalue weighted by Crippen LogP contribution is -2.37. The molecule has 3 rings (SSSR count). The van der Waals surface area contributed by atoms with Gasteiger partial charge in [0.25, 0.3) is 0 Å². The second kappa shape index (κ2) is 8.05. The van der Waals surface area contributed by atoms with E-state index in [1.165, 1.54) is 6.07 Å². The highest BCUT2D eigenvalue weighted by molar-refractivity contribution is 5.69. The van der Waals surface area contributed by atoms with E-state index in [2.05, 4.69) is 22.0 Å². The average molecular weight is 395 g/mol. The molecule has 2 atom stereocenters. The molecular formula is C20H24F3N3O2. The molecule has 0 amide bonds. The molecule has 0 unspecified atom stereocenters. The van der Waals surface area contributed by atoms with Crippen LogP contribution in [0.3, 0.4) is 0 Å². The lowest BCUT2D eigenvalue weighted by Gasteiger charge is -2.34. The molecule has 0 bridgehead atoms. The second-order valence-corrected chi connectivity index (χ2v) is 7.27. The summed E-state index contributed by atoms with van der Waals surface area (Å²) in [7, 11) is 0. The minimum atomic E-state index is -4.53. The van der Waals surface area contributed by atoms with Crippen molar-refractivity contribution in [3.8, 4) is 17.0 Å². The summed E-state index contributed by atoms with van der Waals surface area (Å²) in [5.74, 6) is -0.445. The van der Waals surface area contributed by atoms with E-state index < -0.39 is 23.6 Å². The van der Waals surface area contributed by atoms with Gasteiger partial charge in [0.15, 0.2) is 0 Å². The summed E-state index contributed by atoms with van der Waals surface area (Å²) in [6.07, 6.45) is -3.37. The Labute approximate surface area is 161 Å². The fourth-order valence-corrected chi connectivity index (χ4v) is 3.70. The number of alkyl halides is 3. The van der Waals surface area contributed by atoms with Crippen molar-refractivity contribution in [2.45, 2.75) is 39.0 Å². The Morgan fingerprint density at radius 3 is 2.61 bits per heavy atom. The third-order valence-corrected chi connectivity index (χ3v) is 5.32. The molecule has 8 heteroatoms. The van der Waals surface area contributed by atoms with Crippen molar-refractivity contribution in [3.63, 3.8) is 0 Å². The van der Waals surface area contributed by atoms with Gasteiger partial charge in [-0.1, -0.05) is 6.92 Å². The molecule has 0 spiro atoms. The van der Waals surface area contributed by atoms with E-state index in [9.17, 15) is 23.4 Å². The number of phenols is 1. The van der Waals surface area contributed by atoms with Gasteiger partial charge in [-0.2, -0.15) is 18.3 Å². The average Bonchev–Trinajstić information content (AvgIpc) is 2.67. The van der Waals surface area contributed by atoms with Gasteiger partial charge in [-0.25, -0.2) is 0 Å². The van der Waals surface area contributed by atoms with E-state index >= 15 is 0 Å². The standard InChI is InChI=1S/C20H24F3N3O2/c1-3-26-8-4-5-13(11-26)19(28)16-9-12(2)18(25-24-16)15-7-6-14(10-17(15)27)20(21,22)23/h6-7,9-10,13,19,27-28H,3-5,8,11H2,1-2H3/t13-,19-/m1/s1. The van der Waals surface area contributed by atoms with Crippen molar-refractivity contribution in [2.75, 3.05) is 19.6 Å². The topological polar surface area (TPSA) is 69.5 Å². The van der Waals surface area contributed by atoms with Gasteiger partial charge in [0.1, 0.15) is 11.9 Å². The predicted molar refractivity (Wildman–Crippen MR) is 98.7 cm³/mol. The zero-order valence-corrected chi connectivity index (χ0v) is 15.9. The van der Waals surface area contributed by atoms with Crippen LogP contribution in [-0.4, -0.2) is 44.9 Å². The number of nitrogens with zero attached hydrogens (tertiary/aromatic N) is 3. The smallest absolute Gasteiger partial charge is 0.416 e. The van der Waals surface area contributed by atoms with E-state index in [1.54, 1.807) is 13.0 Å². The van der Waals surface area contributed by atoms with Crippen molar-refractivity contribution >= 4 is 0 Å². The Hall–Kier alpha value is -2.19. The van der Waals surface area contributed by atoms with E-state index in [4.69, 9.17) is 0 Å². The van der Waals surface area contributed by atoms with Crippen molar-refractivity contribution in [3.05, 3.63) is 41.1 Å². The molecule has 1 aliphatic rings. The van der Waals surface area contributed by atoms with Crippen LogP contribution in [0.5, 0.6) is 5.75 Å². The van der Waals surface area contributed by atoms with Gasteiger partial charge < -0.3 is 15.1 Å². The lowest BCUT2D eigenvalue weighted by atomic mass is 9.90. The summed E-state index contributed by atoms with van der Waals surface area (Å²) in [6, 6.07) is 4.46. The van der Waals surface area contributed by atoms with E-state index in [-0.39, 0.29) is 11.5 Å². The number of halogens is 3. The molecule has 152 valence electrons. The Kier molecular flexibility index (Phi) is 5.90. The Bertz CT molecular complexity index is 842. The van der Waals surface area contributed by atoms with Crippen LogP contribution in [0.15, 0.2) is 24.3 Å².